The first kappa shape index (κ1) is 31.7. The Labute approximate surface area is 285 Å². The average molecular weight is 665 g/mol. The molecule has 0 bridgehead atoms. The van der Waals surface area contributed by atoms with Gasteiger partial charge in [0.1, 0.15) is 23.0 Å². The molecule has 1 amide bonds. The molecule has 2 fully saturated rings. The van der Waals surface area contributed by atoms with E-state index in [1.165, 1.54) is 15.8 Å². The summed E-state index contributed by atoms with van der Waals surface area (Å²) in [7, 11) is 1.70. The van der Waals surface area contributed by atoms with Gasteiger partial charge in [0.05, 0.1) is 37.7 Å². The topological polar surface area (TPSA) is 121 Å². The lowest BCUT2D eigenvalue weighted by molar-refractivity contribution is -0.0792. The van der Waals surface area contributed by atoms with Crippen LogP contribution in [0.1, 0.15) is 48.1 Å². The van der Waals surface area contributed by atoms with Crippen molar-refractivity contribution in [3.8, 4) is 11.1 Å². The van der Waals surface area contributed by atoms with Gasteiger partial charge in [0.2, 0.25) is 0 Å². The molecule has 1 aliphatic carbocycles. The molecular formula is C37H44N8O4. The summed E-state index contributed by atoms with van der Waals surface area (Å²) < 4.78 is 9.09. The lowest BCUT2D eigenvalue weighted by Crippen LogP contribution is -2.60. The fourth-order valence-electron chi connectivity index (χ4n) is 8.15. The normalized spacial score (nSPS) is 20.7. The van der Waals surface area contributed by atoms with Crippen LogP contribution in [-0.2, 0) is 37.8 Å². The van der Waals surface area contributed by atoms with E-state index in [0.717, 1.165) is 51.4 Å². The summed E-state index contributed by atoms with van der Waals surface area (Å²) in [5, 5.41) is 13.9. The SMILES string of the molecule is C[C@@H]1CN(c2ccc(Nc3cc(-c4ccnc(N5CCn6c(cc7c6CC(C)(C)C7)C5=O)c4CO)cn(C)c3=O)nc2)CCN1C1COC1. The number of fused-ring (bicyclic) bond motifs is 3. The number of nitrogens with one attached hydrogen (secondary N) is 1. The van der Waals surface area contributed by atoms with Crippen LogP contribution in [0, 0.1) is 5.41 Å². The number of ether oxygens (including phenoxy) is 1. The average Bonchev–Trinajstić information content (AvgIpc) is 3.55. The second kappa shape index (κ2) is 12.1. The van der Waals surface area contributed by atoms with E-state index < -0.39 is 0 Å². The maximum atomic E-state index is 13.9. The van der Waals surface area contributed by atoms with Gasteiger partial charge in [-0.05, 0) is 66.6 Å². The molecule has 49 heavy (non-hydrogen) atoms. The number of pyridine rings is 3. The van der Waals surface area contributed by atoms with Crippen LogP contribution in [0.5, 0.6) is 0 Å². The number of aromatic nitrogens is 4. The Morgan fingerprint density at radius 3 is 2.59 bits per heavy atom. The van der Waals surface area contributed by atoms with E-state index in [1.807, 2.05) is 30.5 Å². The first-order valence-corrected chi connectivity index (χ1v) is 17.2. The molecule has 0 unspecified atom stereocenters. The number of rotatable bonds is 7. The Morgan fingerprint density at radius 1 is 1.04 bits per heavy atom. The van der Waals surface area contributed by atoms with Gasteiger partial charge in [0.15, 0.2) is 0 Å². The van der Waals surface area contributed by atoms with Crippen molar-refractivity contribution in [2.24, 2.45) is 12.5 Å². The number of hydrogen-bond acceptors (Lipinski definition) is 9. The summed E-state index contributed by atoms with van der Waals surface area (Å²) in [5.74, 6) is 0.889. The summed E-state index contributed by atoms with van der Waals surface area (Å²) in [6.07, 6.45) is 7.18. The maximum absolute atomic E-state index is 13.9. The van der Waals surface area contributed by atoms with E-state index in [0.29, 0.717) is 64.9 Å². The quantitative estimate of drug-likeness (QED) is 0.306. The largest absolute Gasteiger partial charge is 0.392 e. The van der Waals surface area contributed by atoms with E-state index in [1.54, 1.807) is 30.4 Å². The third-order valence-electron chi connectivity index (χ3n) is 10.7. The first-order chi connectivity index (χ1) is 23.6. The third-order valence-corrected chi connectivity index (χ3v) is 10.7. The second-order valence-electron chi connectivity index (χ2n) is 14.8. The van der Waals surface area contributed by atoms with Gasteiger partial charge >= 0.3 is 0 Å². The third kappa shape index (κ3) is 5.61. The Bertz CT molecular complexity index is 1980. The highest BCUT2D eigenvalue weighted by Crippen LogP contribution is 2.40. The van der Waals surface area contributed by atoms with Gasteiger partial charge in [-0.25, -0.2) is 9.97 Å². The van der Waals surface area contributed by atoms with E-state index >= 15 is 0 Å². The molecule has 1 atom stereocenters. The molecule has 256 valence electrons. The van der Waals surface area contributed by atoms with Gasteiger partial charge in [-0.2, -0.15) is 0 Å². The number of carbonyl (C=O) groups is 1. The highest BCUT2D eigenvalue weighted by Gasteiger charge is 2.38. The van der Waals surface area contributed by atoms with Crippen LogP contribution in [0.15, 0.2) is 53.7 Å². The zero-order chi connectivity index (χ0) is 34.0. The minimum atomic E-state index is -0.316. The number of aryl methyl sites for hydroxylation is 1. The summed E-state index contributed by atoms with van der Waals surface area (Å²) in [6, 6.07) is 10.5. The molecular weight excluding hydrogens is 620 g/mol. The van der Waals surface area contributed by atoms with Crippen LogP contribution >= 0.6 is 0 Å². The van der Waals surface area contributed by atoms with E-state index in [9.17, 15) is 14.7 Å². The molecule has 12 heteroatoms. The Morgan fingerprint density at radius 2 is 1.88 bits per heavy atom. The zero-order valence-electron chi connectivity index (χ0n) is 28.6. The number of aliphatic hydroxyl groups excluding tert-OH is 1. The maximum Gasteiger partial charge on any atom is 0.276 e. The Hall–Kier alpha value is -4.52. The van der Waals surface area contributed by atoms with Gasteiger partial charge in [0, 0.05) is 75.0 Å². The van der Waals surface area contributed by atoms with Crippen LogP contribution in [0.3, 0.4) is 0 Å². The van der Waals surface area contributed by atoms with Crippen molar-refractivity contribution in [3.63, 3.8) is 0 Å². The van der Waals surface area contributed by atoms with Crippen molar-refractivity contribution in [1.82, 2.24) is 24.0 Å². The van der Waals surface area contributed by atoms with Crippen LogP contribution in [0.25, 0.3) is 11.1 Å². The molecule has 3 aliphatic heterocycles. The molecule has 4 aromatic heterocycles. The highest BCUT2D eigenvalue weighted by atomic mass is 16.5. The van der Waals surface area contributed by atoms with Crippen molar-refractivity contribution in [2.45, 2.75) is 58.8 Å². The molecule has 7 heterocycles. The fraction of sp³-hybridized carbons (Fsp3) is 0.459. The summed E-state index contributed by atoms with van der Waals surface area (Å²) in [4.78, 5) is 43.0. The molecule has 8 rings (SSSR count). The number of aliphatic hydroxyl groups is 1. The zero-order valence-corrected chi connectivity index (χ0v) is 28.6. The van der Waals surface area contributed by atoms with Crippen LogP contribution < -0.4 is 20.7 Å². The smallest absolute Gasteiger partial charge is 0.276 e. The van der Waals surface area contributed by atoms with Crippen molar-refractivity contribution < 1.29 is 14.6 Å². The number of nitrogens with zero attached hydrogens (tertiary/aromatic N) is 7. The van der Waals surface area contributed by atoms with E-state index in [-0.39, 0.29) is 23.5 Å². The number of anilines is 4. The highest BCUT2D eigenvalue weighted by molar-refractivity contribution is 6.06. The van der Waals surface area contributed by atoms with Crippen LogP contribution in [0.2, 0.25) is 0 Å². The number of carbonyl (C=O) groups excluding carboxylic acids is 1. The molecule has 4 aromatic rings. The minimum absolute atomic E-state index is 0.112. The number of amides is 1. The lowest BCUT2D eigenvalue weighted by Gasteiger charge is -2.47. The van der Waals surface area contributed by atoms with Crippen molar-refractivity contribution >= 4 is 28.9 Å². The van der Waals surface area contributed by atoms with Gasteiger partial charge in [-0.3, -0.25) is 19.4 Å². The van der Waals surface area contributed by atoms with E-state index in [4.69, 9.17) is 4.74 Å². The molecule has 0 radical (unpaired) electrons. The molecule has 0 aromatic carbocycles. The molecule has 4 aliphatic rings. The second-order valence-corrected chi connectivity index (χ2v) is 14.8. The summed E-state index contributed by atoms with van der Waals surface area (Å²) >= 11 is 0. The van der Waals surface area contributed by atoms with Gasteiger partial charge in [0.25, 0.3) is 11.5 Å². The monoisotopic (exact) mass is 664 g/mol. The van der Waals surface area contributed by atoms with Crippen LogP contribution in [-0.4, -0.2) is 86.5 Å². The molecule has 2 saturated heterocycles. The number of piperazine rings is 1. The lowest BCUT2D eigenvalue weighted by atomic mass is 9.90. The standard InChI is InChI=1S/C37H44N8O4/c1-23-18-42(9-10-43(23)27-21-49-22-27)26-5-6-33(39-17-26)40-30-13-25(19-41(4)35(30)47)28-7-8-38-34(29(28)20-46)45-12-11-44-31(36(45)48)14-24-15-37(2,3)16-32(24)44/h5-8,13-14,17,19,23,27,46H,9-12,15-16,18,20-22H2,1-4H3,(H,39,40)/t23-/m1/s1. The Balaban J connectivity index is 1.03. The molecule has 0 saturated carbocycles. The van der Waals surface area contributed by atoms with Gasteiger partial charge in [-0.1, -0.05) is 13.8 Å². The summed E-state index contributed by atoms with van der Waals surface area (Å²) in [5.41, 5.74) is 6.55. The summed E-state index contributed by atoms with van der Waals surface area (Å²) in [6.45, 7) is 12.1. The number of hydrogen-bond donors (Lipinski definition) is 2. The Kier molecular flexibility index (Phi) is 7.84. The van der Waals surface area contributed by atoms with Crippen molar-refractivity contribution in [3.05, 3.63) is 81.8 Å². The first-order valence-electron chi connectivity index (χ1n) is 17.2. The van der Waals surface area contributed by atoms with Gasteiger partial charge < -0.3 is 29.2 Å². The predicted molar refractivity (Wildman–Crippen MR) is 189 cm³/mol. The minimum Gasteiger partial charge on any atom is -0.392 e. The fourth-order valence-corrected chi connectivity index (χ4v) is 8.15. The molecule has 12 nitrogen and oxygen atoms in total. The molecule has 0 spiro atoms. The van der Waals surface area contributed by atoms with Crippen molar-refractivity contribution in [2.75, 3.05) is 54.5 Å². The van der Waals surface area contributed by atoms with Crippen molar-refractivity contribution in [1.29, 1.82) is 0 Å². The van der Waals surface area contributed by atoms with E-state index in [2.05, 4.69) is 50.4 Å². The van der Waals surface area contributed by atoms with Gasteiger partial charge in [-0.15, -0.1) is 0 Å². The molecule has 2 N–H and O–H groups in total. The van der Waals surface area contributed by atoms with Crippen LogP contribution in [0.4, 0.5) is 23.0 Å². The predicted octanol–water partition coefficient (Wildman–Crippen LogP) is 3.57.